The number of benzene rings is 2. The van der Waals surface area contributed by atoms with Crippen molar-refractivity contribution in [1.29, 1.82) is 0 Å². The number of carbonyl (C=O) groups is 1. The molecule has 0 saturated carbocycles. The van der Waals surface area contributed by atoms with E-state index < -0.39 is 11.7 Å². The predicted molar refractivity (Wildman–Crippen MR) is 108 cm³/mol. The summed E-state index contributed by atoms with van der Waals surface area (Å²) < 4.78 is 45.4. The number of alkyl halides is 3. The number of carbonyl (C=O) groups excluding carboxylic acids is 1. The van der Waals surface area contributed by atoms with Crippen LogP contribution in [0.25, 0.3) is 0 Å². The van der Waals surface area contributed by atoms with Crippen LogP contribution in [0.1, 0.15) is 11.4 Å². The molecule has 1 aromatic heterocycles. The minimum atomic E-state index is -4.45. The predicted octanol–water partition coefficient (Wildman–Crippen LogP) is 4.80. The Bertz CT molecular complexity index is 1040. The maximum Gasteiger partial charge on any atom is 0.416 e. The Morgan fingerprint density at radius 2 is 1.97 bits per heavy atom. The summed E-state index contributed by atoms with van der Waals surface area (Å²) in [6, 6.07) is 11.5. The molecule has 11 heteroatoms. The SMILES string of the molecule is Cn1c(COc2cccc(C(F)(F)F)c2)nnc1SCC(=O)Nc1ccccc1Cl. The van der Waals surface area contributed by atoms with E-state index in [9.17, 15) is 18.0 Å². The van der Waals surface area contributed by atoms with Crippen LogP contribution in [0, 0.1) is 0 Å². The fourth-order valence-corrected chi connectivity index (χ4v) is 3.30. The quantitative estimate of drug-likeness (QED) is 0.517. The molecule has 0 bridgehead atoms. The standard InChI is InChI=1S/C19H16ClF3N4O2S/c1-27-16(10-29-13-6-4-5-12(9-13)19(21,22)23)25-26-18(27)30-11-17(28)24-15-8-3-2-7-14(15)20/h2-9H,10-11H2,1H3,(H,24,28). The van der Waals surface area contributed by atoms with E-state index in [-0.39, 0.29) is 24.0 Å². The van der Waals surface area contributed by atoms with Crippen LogP contribution in [0.2, 0.25) is 5.02 Å². The molecule has 0 atom stereocenters. The van der Waals surface area contributed by atoms with Gasteiger partial charge in [0.2, 0.25) is 5.91 Å². The van der Waals surface area contributed by atoms with Gasteiger partial charge in [0.1, 0.15) is 12.4 Å². The van der Waals surface area contributed by atoms with Gasteiger partial charge in [0.15, 0.2) is 11.0 Å². The highest BCUT2D eigenvalue weighted by atomic mass is 35.5. The molecule has 0 radical (unpaired) electrons. The Labute approximate surface area is 179 Å². The van der Waals surface area contributed by atoms with Crippen molar-refractivity contribution < 1.29 is 22.7 Å². The van der Waals surface area contributed by atoms with Crippen LogP contribution in [-0.2, 0) is 24.6 Å². The van der Waals surface area contributed by atoms with Gasteiger partial charge in [0, 0.05) is 7.05 Å². The number of amides is 1. The highest BCUT2D eigenvalue weighted by Crippen LogP contribution is 2.31. The minimum Gasteiger partial charge on any atom is -0.486 e. The lowest BCUT2D eigenvalue weighted by molar-refractivity contribution is -0.137. The Hall–Kier alpha value is -2.72. The number of nitrogens with zero attached hydrogens (tertiary/aromatic N) is 3. The van der Waals surface area contributed by atoms with Gasteiger partial charge >= 0.3 is 6.18 Å². The number of ether oxygens (including phenoxy) is 1. The highest BCUT2D eigenvalue weighted by molar-refractivity contribution is 7.99. The van der Waals surface area contributed by atoms with E-state index in [1.54, 1.807) is 35.9 Å². The zero-order chi connectivity index (χ0) is 21.7. The van der Waals surface area contributed by atoms with Crippen molar-refractivity contribution >= 4 is 35.0 Å². The maximum absolute atomic E-state index is 12.8. The summed E-state index contributed by atoms with van der Waals surface area (Å²) in [7, 11) is 1.68. The molecule has 0 aliphatic carbocycles. The molecular formula is C19H16ClF3N4O2S. The molecule has 0 aliphatic rings. The summed E-state index contributed by atoms with van der Waals surface area (Å²) in [5.74, 6) is 0.284. The number of aromatic nitrogens is 3. The molecule has 3 aromatic rings. The first-order valence-electron chi connectivity index (χ1n) is 8.59. The monoisotopic (exact) mass is 456 g/mol. The lowest BCUT2D eigenvalue weighted by Gasteiger charge is -2.10. The van der Waals surface area contributed by atoms with Crippen molar-refractivity contribution in [2.75, 3.05) is 11.1 Å². The maximum atomic E-state index is 12.8. The molecular weight excluding hydrogens is 441 g/mol. The van der Waals surface area contributed by atoms with Gasteiger partial charge in [0.25, 0.3) is 0 Å². The summed E-state index contributed by atoms with van der Waals surface area (Å²) in [5.41, 5.74) is -0.281. The Kier molecular flexibility index (Phi) is 6.88. The van der Waals surface area contributed by atoms with Gasteiger partial charge in [-0.2, -0.15) is 13.2 Å². The van der Waals surface area contributed by atoms with Gasteiger partial charge in [-0.05, 0) is 30.3 Å². The molecule has 2 aromatic carbocycles. The molecule has 1 N–H and O–H groups in total. The van der Waals surface area contributed by atoms with Crippen molar-refractivity contribution in [1.82, 2.24) is 14.8 Å². The van der Waals surface area contributed by atoms with Crippen molar-refractivity contribution in [3.8, 4) is 5.75 Å². The van der Waals surface area contributed by atoms with Gasteiger partial charge in [-0.3, -0.25) is 4.79 Å². The van der Waals surface area contributed by atoms with Crippen LogP contribution >= 0.6 is 23.4 Å². The average molecular weight is 457 g/mol. The lowest BCUT2D eigenvalue weighted by Crippen LogP contribution is -2.14. The highest BCUT2D eigenvalue weighted by Gasteiger charge is 2.30. The Morgan fingerprint density at radius 3 is 2.70 bits per heavy atom. The average Bonchev–Trinajstić information content (AvgIpc) is 3.06. The molecule has 30 heavy (non-hydrogen) atoms. The number of nitrogens with one attached hydrogen (secondary N) is 1. The third kappa shape index (κ3) is 5.67. The Morgan fingerprint density at radius 1 is 1.20 bits per heavy atom. The zero-order valence-electron chi connectivity index (χ0n) is 15.6. The van der Waals surface area contributed by atoms with Crippen LogP contribution in [0.5, 0.6) is 5.75 Å². The van der Waals surface area contributed by atoms with Gasteiger partial charge in [-0.15, -0.1) is 10.2 Å². The summed E-state index contributed by atoms with van der Waals surface area (Å²) in [6.45, 7) is -0.0722. The van der Waals surface area contributed by atoms with Crippen LogP contribution in [0.3, 0.4) is 0 Å². The van der Waals surface area contributed by atoms with Crippen LogP contribution in [-0.4, -0.2) is 26.4 Å². The number of anilines is 1. The lowest BCUT2D eigenvalue weighted by atomic mass is 10.2. The second-order valence-corrected chi connectivity index (χ2v) is 7.44. The largest absolute Gasteiger partial charge is 0.486 e. The first-order valence-corrected chi connectivity index (χ1v) is 9.96. The number of hydrogen-bond donors (Lipinski definition) is 1. The fraction of sp³-hybridized carbons (Fsp3) is 0.211. The number of hydrogen-bond acceptors (Lipinski definition) is 5. The molecule has 0 aliphatic heterocycles. The topological polar surface area (TPSA) is 69.0 Å². The van der Waals surface area contributed by atoms with E-state index in [1.165, 1.54) is 12.1 Å². The first-order chi connectivity index (χ1) is 14.2. The number of halogens is 4. The Balaban J connectivity index is 1.56. The minimum absolute atomic E-state index is 0.0705. The zero-order valence-corrected chi connectivity index (χ0v) is 17.2. The van der Waals surface area contributed by atoms with Crippen molar-refractivity contribution in [2.45, 2.75) is 17.9 Å². The fourth-order valence-electron chi connectivity index (χ4n) is 2.39. The summed E-state index contributed by atoms with van der Waals surface area (Å²) in [4.78, 5) is 12.1. The van der Waals surface area contributed by atoms with E-state index in [4.69, 9.17) is 16.3 Å². The van der Waals surface area contributed by atoms with Crippen molar-refractivity contribution in [2.24, 2.45) is 7.05 Å². The molecule has 0 spiro atoms. The number of para-hydroxylation sites is 1. The normalized spacial score (nSPS) is 11.4. The molecule has 158 valence electrons. The van der Waals surface area contributed by atoms with E-state index in [0.29, 0.717) is 21.7 Å². The molecule has 6 nitrogen and oxygen atoms in total. The van der Waals surface area contributed by atoms with Gasteiger partial charge in [-0.1, -0.05) is 41.6 Å². The van der Waals surface area contributed by atoms with Crippen LogP contribution in [0.4, 0.5) is 18.9 Å². The molecule has 3 rings (SSSR count). The van der Waals surface area contributed by atoms with E-state index in [1.807, 2.05) is 0 Å². The van der Waals surface area contributed by atoms with Crippen molar-refractivity contribution in [3.63, 3.8) is 0 Å². The molecule has 0 saturated heterocycles. The van der Waals surface area contributed by atoms with E-state index in [0.717, 1.165) is 23.9 Å². The smallest absolute Gasteiger partial charge is 0.416 e. The van der Waals surface area contributed by atoms with E-state index >= 15 is 0 Å². The first kappa shape index (κ1) is 22.0. The summed E-state index contributed by atoms with van der Waals surface area (Å²) in [6.07, 6.45) is -4.45. The molecule has 0 fully saturated rings. The third-order valence-electron chi connectivity index (χ3n) is 3.93. The second kappa shape index (κ2) is 9.40. The number of thioether (sulfide) groups is 1. The number of rotatable bonds is 7. The second-order valence-electron chi connectivity index (χ2n) is 6.09. The van der Waals surface area contributed by atoms with Gasteiger partial charge in [0.05, 0.1) is 22.0 Å². The molecule has 1 amide bonds. The molecule has 1 heterocycles. The van der Waals surface area contributed by atoms with Crippen LogP contribution in [0.15, 0.2) is 53.7 Å². The van der Waals surface area contributed by atoms with Gasteiger partial charge in [-0.25, -0.2) is 0 Å². The van der Waals surface area contributed by atoms with Crippen molar-refractivity contribution in [3.05, 3.63) is 64.9 Å². The van der Waals surface area contributed by atoms with Crippen LogP contribution < -0.4 is 10.1 Å². The van der Waals surface area contributed by atoms with E-state index in [2.05, 4.69) is 15.5 Å². The third-order valence-corrected chi connectivity index (χ3v) is 5.28. The van der Waals surface area contributed by atoms with Gasteiger partial charge < -0.3 is 14.6 Å². The molecule has 0 unspecified atom stereocenters. The summed E-state index contributed by atoms with van der Waals surface area (Å²) >= 11 is 7.17. The summed E-state index contributed by atoms with van der Waals surface area (Å²) in [5, 5.41) is 11.6.